The molecular weight excluding hydrogens is 300 g/mol. The van der Waals surface area contributed by atoms with E-state index >= 15 is 0 Å². The van der Waals surface area contributed by atoms with Crippen LogP contribution in [0.1, 0.15) is 0 Å². The van der Waals surface area contributed by atoms with Crippen molar-refractivity contribution >= 4 is 23.9 Å². The summed E-state index contributed by atoms with van der Waals surface area (Å²) in [4.78, 5) is 42.6. The van der Waals surface area contributed by atoms with Crippen LogP contribution in [0.2, 0.25) is 0 Å². The standard InChI is InChI=1S/C9H12O12/c10-1(2(11)6(14)15)3(12)9(20)21-5(8(18)19)4(13)7(16)17/h1-5,10-13H,(H,14,15)(H,16,17)(H,18,19). The van der Waals surface area contributed by atoms with Crippen molar-refractivity contribution in [3.05, 3.63) is 0 Å². The first-order chi connectivity index (χ1) is 9.50. The van der Waals surface area contributed by atoms with Gasteiger partial charge in [0.25, 0.3) is 0 Å². The Bertz CT molecular complexity index is 430. The summed E-state index contributed by atoms with van der Waals surface area (Å²) < 4.78 is 3.96. The lowest BCUT2D eigenvalue weighted by molar-refractivity contribution is -0.189. The van der Waals surface area contributed by atoms with Crippen LogP contribution in [-0.4, -0.2) is 90.1 Å². The molecule has 0 aliphatic heterocycles. The second-order valence-corrected chi connectivity index (χ2v) is 3.70. The van der Waals surface area contributed by atoms with Gasteiger partial charge in [-0.1, -0.05) is 0 Å². The number of carboxylic acids is 3. The van der Waals surface area contributed by atoms with Crippen LogP contribution in [0.25, 0.3) is 0 Å². The van der Waals surface area contributed by atoms with Crippen LogP contribution < -0.4 is 0 Å². The molecule has 0 radical (unpaired) electrons. The maximum atomic E-state index is 11.2. The van der Waals surface area contributed by atoms with Crippen molar-refractivity contribution in [1.82, 2.24) is 0 Å². The Hall–Kier alpha value is -2.28. The molecule has 0 aromatic heterocycles. The molecule has 12 nitrogen and oxygen atoms in total. The first kappa shape index (κ1) is 18.7. The lowest BCUT2D eigenvalue weighted by atomic mass is 10.1. The summed E-state index contributed by atoms with van der Waals surface area (Å²) in [6.07, 6.45) is -13.1. The molecule has 0 rings (SSSR count). The molecule has 21 heavy (non-hydrogen) atoms. The minimum absolute atomic E-state index is 1.95. The van der Waals surface area contributed by atoms with Gasteiger partial charge in [-0.3, -0.25) is 0 Å². The van der Waals surface area contributed by atoms with Crippen molar-refractivity contribution in [2.75, 3.05) is 0 Å². The molecule has 0 aromatic carbocycles. The second-order valence-electron chi connectivity index (χ2n) is 3.70. The van der Waals surface area contributed by atoms with Gasteiger partial charge in [-0.15, -0.1) is 0 Å². The van der Waals surface area contributed by atoms with Crippen LogP contribution in [0.15, 0.2) is 0 Å². The highest BCUT2D eigenvalue weighted by molar-refractivity contribution is 5.87. The lowest BCUT2D eigenvalue weighted by Gasteiger charge is -2.22. The van der Waals surface area contributed by atoms with E-state index in [2.05, 4.69) is 4.74 Å². The number of carbonyl (C=O) groups is 4. The Kier molecular flexibility index (Phi) is 6.68. The smallest absolute Gasteiger partial charge is 0.348 e. The van der Waals surface area contributed by atoms with E-state index in [0.29, 0.717) is 0 Å². The highest BCUT2D eigenvalue weighted by atomic mass is 16.6. The molecule has 120 valence electrons. The Morgan fingerprint density at radius 2 is 1.10 bits per heavy atom. The Morgan fingerprint density at radius 1 is 0.667 bits per heavy atom. The number of aliphatic hydroxyl groups excluding tert-OH is 4. The molecule has 0 aliphatic carbocycles. The van der Waals surface area contributed by atoms with Crippen LogP contribution in [0.5, 0.6) is 0 Å². The fourth-order valence-corrected chi connectivity index (χ4v) is 1.03. The molecule has 0 heterocycles. The molecule has 0 aliphatic rings. The quantitative estimate of drug-likeness (QED) is 0.211. The molecule has 7 N–H and O–H groups in total. The van der Waals surface area contributed by atoms with Crippen LogP contribution in [0.3, 0.4) is 0 Å². The summed E-state index contributed by atoms with van der Waals surface area (Å²) in [5.41, 5.74) is 0. The zero-order chi connectivity index (χ0) is 16.9. The third-order valence-corrected chi connectivity index (χ3v) is 2.17. The maximum absolute atomic E-state index is 11.2. The topological polar surface area (TPSA) is 219 Å². The van der Waals surface area contributed by atoms with Crippen LogP contribution in [0, 0.1) is 0 Å². The van der Waals surface area contributed by atoms with Gasteiger partial charge in [-0.05, 0) is 0 Å². The SMILES string of the molecule is O=C(O)C(O)C(OC(=O)C(O)C(O)C(O)C(=O)O)C(=O)O. The predicted octanol–water partition coefficient (Wildman–Crippen LogP) is -4.40. The van der Waals surface area contributed by atoms with Gasteiger partial charge in [0.2, 0.25) is 6.10 Å². The number of carboxylic acid groups (broad SMARTS) is 3. The molecule has 0 spiro atoms. The highest BCUT2D eigenvalue weighted by Gasteiger charge is 2.41. The number of ether oxygens (including phenoxy) is 1. The van der Waals surface area contributed by atoms with E-state index < -0.39 is 54.4 Å². The summed E-state index contributed by atoms with van der Waals surface area (Å²) in [6.45, 7) is 0. The van der Waals surface area contributed by atoms with Crippen LogP contribution in [-0.2, 0) is 23.9 Å². The number of hydrogen-bond donors (Lipinski definition) is 7. The van der Waals surface area contributed by atoms with Crippen molar-refractivity contribution in [2.45, 2.75) is 30.5 Å². The zero-order valence-corrected chi connectivity index (χ0v) is 10.1. The van der Waals surface area contributed by atoms with Crippen molar-refractivity contribution in [3.63, 3.8) is 0 Å². The van der Waals surface area contributed by atoms with Gasteiger partial charge in [0.05, 0.1) is 0 Å². The summed E-state index contributed by atoms with van der Waals surface area (Å²) in [5, 5.41) is 61.5. The van der Waals surface area contributed by atoms with Gasteiger partial charge in [0.1, 0.15) is 6.10 Å². The second kappa shape index (κ2) is 7.49. The zero-order valence-electron chi connectivity index (χ0n) is 10.1. The molecule has 0 saturated heterocycles. The normalized spacial score (nSPS) is 17.9. The average molecular weight is 312 g/mol. The van der Waals surface area contributed by atoms with Gasteiger partial charge < -0.3 is 40.5 Å². The van der Waals surface area contributed by atoms with E-state index in [1.807, 2.05) is 0 Å². The van der Waals surface area contributed by atoms with Crippen molar-refractivity contribution in [3.8, 4) is 0 Å². The Labute approximate surface area is 115 Å². The molecule has 0 fully saturated rings. The number of aliphatic hydroxyl groups is 4. The van der Waals surface area contributed by atoms with Crippen LogP contribution >= 0.6 is 0 Å². The molecule has 0 saturated carbocycles. The Morgan fingerprint density at radius 3 is 1.43 bits per heavy atom. The number of aliphatic carboxylic acids is 3. The summed E-state index contributed by atoms with van der Waals surface area (Å²) in [7, 11) is 0. The molecule has 0 amide bonds. The number of rotatable bonds is 8. The number of hydrogen-bond acceptors (Lipinski definition) is 9. The van der Waals surface area contributed by atoms with E-state index in [0.717, 1.165) is 0 Å². The van der Waals surface area contributed by atoms with Crippen molar-refractivity contribution < 1.29 is 59.7 Å². The van der Waals surface area contributed by atoms with E-state index in [4.69, 9.17) is 30.6 Å². The van der Waals surface area contributed by atoms with E-state index in [9.17, 15) is 24.3 Å². The van der Waals surface area contributed by atoms with E-state index in [-0.39, 0.29) is 0 Å². The first-order valence-corrected chi connectivity index (χ1v) is 5.11. The van der Waals surface area contributed by atoms with Gasteiger partial charge in [0, 0.05) is 0 Å². The molecule has 5 unspecified atom stereocenters. The van der Waals surface area contributed by atoms with E-state index in [1.54, 1.807) is 0 Å². The molecule has 12 heteroatoms. The third-order valence-electron chi connectivity index (χ3n) is 2.17. The lowest BCUT2D eigenvalue weighted by Crippen LogP contribution is -2.50. The summed E-state index contributed by atoms with van der Waals surface area (Å²) in [5.74, 6) is -8.06. The Balaban J connectivity index is 4.96. The largest absolute Gasteiger partial charge is 0.479 e. The maximum Gasteiger partial charge on any atom is 0.348 e. The highest BCUT2D eigenvalue weighted by Crippen LogP contribution is 2.08. The predicted molar refractivity (Wildman–Crippen MR) is 56.8 cm³/mol. The van der Waals surface area contributed by atoms with Crippen molar-refractivity contribution in [2.24, 2.45) is 0 Å². The minimum Gasteiger partial charge on any atom is -0.479 e. The number of carbonyl (C=O) groups excluding carboxylic acids is 1. The fourth-order valence-electron chi connectivity index (χ4n) is 1.03. The third kappa shape index (κ3) is 4.96. The average Bonchev–Trinajstić information content (AvgIpc) is 2.40. The minimum atomic E-state index is -2.68. The summed E-state index contributed by atoms with van der Waals surface area (Å²) in [6, 6.07) is 0. The van der Waals surface area contributed by atoms with Gasteiger partial charge in [-0.25, -0.2) is 19.2 Å². The molecular formula is C9H12O12. The van der Waals surface area contributed by atoms with E-state index in [1.165, 1.54) is 0 Å². The van der Waals surface area contributed by atoms with Gasteiger partial charge >= 0.3 is 23.9 Å². The molecule has 0 bridgehead atoms. The van der Waals surface area contributed by atoms with Crippen LogP contribution in [0.4, 0.5) is 0 Å². The number of esters is 1. The van der Waals surface area contributed by atoms with Gasteiger partial charge in [-0.2, -0.15) is 0 Å². The van der Waals surface area contributed by atoms with Gasteiger partial charge in [0.15, 0.2) is 18.3 Å². The molecule has 0 aromatic rings. The molecule has 5 atom stereocenters. The monoisotopic (exact) mass is 312 g/mol. The first-order valence-electron chi connectivity index (χ1n) is 5.11. The summed E-state index contributed by atoms with van der Waals surface area (Å²) >= 11 is 0. The van der Waals surface area contributed by atoms with Crippen molar-refractivity contribution in [1.29, 1.82) is 0 Å². The fraction of sp³-hybridized carbons (Fsp3) is 0.556.